The molecule has 6 heteroatoms. The van der Waals surface area contributed by atoms with Crippen LogP contribution < -0.4 is 0 Å². The Morgan fingerprint density at radius 2 is 1.64 bits per heavy atom. The zero-order valence-corrected chi connectivity index (χ0v) is 13.7. The lowest BCUT2D eigenvalue weighted by molar-refractivity contribution is 0.0788. The Balaban J connectivity index is 2.18. The minimum atomic E-state index is -0.604. The van der Waals surface area contributed by atoms with Gasteiger partial charge in [-0.25, -0.2) is 0 Å². The summed E-state index contributed by atoms with van der Waals surface area (Å²) < 4.78 is 5.02. The van der Waals surface area contributed by atoms with E-state index in [1.807, 2.05) is 0 Å². The van der Waals surface area contributed by atoms with Crippen LogP contribution in [0.4, 0.5) is 0 Å². The largest absolute Gasteiger partial charge is 0.507 e. The summed E-state index contributed by atoms with van der Waals surface area (Å²) in [4.78, 5) is 37.7. The summed E-state index contributed by atoms with van der Waals surface area (Å²) in [6.45, 7) is 1.68. The third-order valence-electron chi connectivity index (χ3n) is 4.33. The van der Waals surface area contributed by atoms with Crippen LogP contribution in [0.3, 0.4) is 0 Å². The Bertz CT molecular complexity index is 912. The molecule has 1 aliphatic rings. The summed E-state index contributed by atoms with van der Waals surface area (Å²) in [5, 5.41) is 20.7. The van der Waals surface area contributed by atoms with Crippen LogP contribution >= 0.6 is 0 Å². The number of phenols is 2. The number of Topliss-reactive ketones (excluding diaryl/α,β-unsaturated/α-hetero) is 1. The summed E-state index contributed by atoms with van der Waals surface area (Å²) in [7, 11) is 1.45. The Morgan fingerprint density at radius 1 is 1.08 bits per heavy atom. The fraction of sp³-hybridized carbons (Fsp3) is 0.211. The van der Waals surface area contributed by atoms with Crippen molar-refractivity contribution in [3.63, 3.8) is 0 Å². The van der Waals surface area contributed by atoms with E-state index in [9.17, 15) is 24.6 Å². The molecule has 3 rings (SSSR count). The molecule has 2 N–H and O–H groups in total. The summed E-state index contributed by atoms with van der Waals surface area (Å²) in [6.07, 6.45) is -0.441. The predicted octanol–water partition coefficient (Wildman–Crippen LogP) is 2.48. The van der Waals surface area contributed by atoms with Crippen molar-refractivity contribution in [2.45, 2.75) is 19.4 Å². The summed E-state index contributed by atoms with van der Waals surface area (Å²) >= 11 is 0. The van der Waals surface area contributed by atoms with Gasteiger partial charge in [0.1, 0.15) is 11.5 Å². The molecular weight excluding hydrogens is 324 g/mol. The fourth-order valence-electron chi connectivity index (χ4n) is 2.92. The molecule has 0 amide bonds. The number of fused-ring (bicyclic) bond motifs is 2. The Labute approximate surface area is 143 Å². The average molecular weight is 340 g/mol. The van der Waals surface area contributed by atoms with Gasteiger partial charge in [0.25, 0.3) is 0 Å². The molecule has 0 aliphatic heterocycles. The molecule has 1 aliphatic carbocycles. The van der Waals surface area contributed by atoms with Gasteiger partial charge in [-0.3, -0.25) is 14.4 Å². The van der Waals surface area contributed by atoms with E-state index in [1.54, 1.807) is 19.1 Å². The number of carbonyl (C=O) groups is 3. The first kappa shape index (κ1) is 16.9. The highest BCUT2D eigenvalue weighted by Crippen LogP contribution is 2.40. The van der Waals surface area contributed by atoms with Gasteiger partial charge in [0, 0.05) is 24.7 Å². The van der Waals surface area contributed by atoms with Crippen LogP contribution in [0.2, 0.25) is 0 Å². The van der Waals surface area contributed by atoms with Gasteiger partial charge in [-0.2, -0.15) is 0 Å². The maximum Gasteiger partial charge on any atom is 0.198 e. The Morgan fingerprint density at radius 3 is 2.20 bits per heavy atom. The molecule has 0 heterocycles. The number of hydrogen-bond acceptors (Lipinski definition) is 6. The Hall–Kier alpha value is -2.99. The number of rotatable bonds is 4. The number of methoxy groups -OCH3 is 1. The summed E-state index contributed by atoms with van der Waals surface area (Å²) in [5.41, 5.74) is -0.540. The molecule has 1 atom stereocenters. The average Bonchev–Trinajstić information content (AvgIpc) is 2.60. The molecule has 0 aromatic heterocycles. The molecule has 0 saturated carbocycles. The van der Waals surface area contributed by atoms with E-state index in [4.69, 9.17) is 4.74 Å². The van der Waals surface area contributed by atoms with Gasteiger partial charge < -0.3 is 14.9 Å². The number of benzene rings is 2. The first-order valence-electron chi connectivity index (χ1n) is 7.70. The van der Waals surface area contributed by atoms with Gasteiger partial charge in [-0.1, -0.05) is 24.3 Å². The SMILES string of the molecule is COC(C)CC(=O)c1cc(O)c2c(c1O)C(=O)c1ccccc1C2=O. The van der Waals surface area contributed by atoms with E-state index in [2.05, 4.69) is 0 Å². The molecule has 2 aromatic carbocycles. The second-order valence-electron chi connectivity index (χ2n) is 5.92. The normalized spacial score (nSPS) is 14.0. The number of ether oxygens (including phenoxy) is 1. The highest BCUT2D eigenvalue weighted by Gasteiger charge is 2.36. The lowest BCUT2D eigenvalue weighted by Gasteiger charge is -2.21. The standard InChI is InChI=1S/C19H16O6/c1-9(25-2)7-13(20)12-8-14(21)15-16(19(12)24)18(23)11-6-4-3-5-10(11)17(15)22/h3-6,8-9,21,24H,7H2,1-2H3. The van der Waals surface area contributed by atoms with E-state index in [-0.39, 0.29) is 34.2 Å². The number of phenolic OH excluding ortho intramolecular Hbond substituents is 2. The summed E-state index contributed by atoms with van der Waals surface area (Å²) in [5.74, 6) is -2.76. The number of carbonyl (C=O) groups excluding carboxylic acids is 3. The van der Waals surface area contributed by atoms with Crippen molar-refractivity contribution >= 4 is 17.3 Å². The molecule has 6 nitrogen and oxygen atoms in total. The Kier molecular flexibility index (Phi) is 4.14. The molecule has 25 heavy (non-hydrogen) atoms. The fourth-order valence-corrected chi connectivity index (χ4v) is 2.92. The number of ketones is 3. The summed E-state index contributed by atoms with van der Waals surface area (Å²) in [6, 6.07) is 7.18. The van der Waals surface area contributed by atoms with Crippen molar-refractivity contribution in [1.29, 1.82) is 0 Å². The van der Waals surface area contributed by atoms with Crippen molar-refractivity contribution in [3.8, 4) is 11.5 Å². The number of aromatic hydroxyl groups is 2. The van der Waals surface area contributed by atoms with Gasteiger partial charge in [0.15, 0.2) is 17.3 Å². The second kappa shape index (κ2) is 6.14. The van der Waals surface area contributed by atoms with Crippen LogP contribution in [0.25, 0.3) is 0 Å². The van der Waals surface area contributed by atoms with Crippen molar-refractivity contribution in [1.82, 2.24) is 0 Å². The minimum absolute atomic E-state index is 0.0407. The lowest BCUT2D eigenvalue weighted by Crippen LogP contribution is -2.22. The van der Waals surface area contributed by atoms with Gasteiger partial charge in [-0.15, -0.1) is 0 Å². The van der Waals surface area contributed by atoms with Crippen LogP contribution in [-0.2, 0) is 4.74 Å². The van der Waals surface area contributed by atoms with Gasteiger partial charge in [0.2, 0.25) is 0 Å². The van der Waals surface area contributed by atoms with Crippen molar-refractivity contribution in [2.24, 2.45) is 0 Å². The van der Waals surface area contributed by atoms with Gasteiger partial charge in [-0.05, 0) is 13.0 Å². The van der Waals surface area contributed by atoms with E-state index >= 15 is 0 Å². The van der Waals surface area contributed by atoms with E-state index in [0.717, 1.165) is 6.07 Å². The maximum atomic E-state index is 12.7. The first-order valence-corrected chi connectivity index (χ1v) is 7.70. The van der Waals surface area contributed by atoms with E-state index in [0.29, 0.717) is 0 Å². The highest BCUT2D eigenvalue weighted by molar-refractivity contribution is 6.31. The van der Waals surface area contributed by atoms with Crippen molar-refractivity contribution in [3.05, 3.63) is 58.1 Å². The molecule has 0 spiro atoms. The smallest absolute Gasteiger partial charge is 0.198 e. The third-order valence-corrected chi connectivity index (χ3v) is 4.33. The number of hydrogen-bond donors (Lipinski definition) is 2. The maximum absolute atomic E-state index is 12.7. The third kappa shape index (κ3) is 2.60. The molecule has 0 bridgehead atoms. The quantitative estimate of drug-likeness (QED) is 0.559. The molecule has 1 unspecified atom stereocenters. The van der Waals surface area contributed by atoms with Crippen molar-refractivity contribution < 1.29 is 29.3 Å². The molecular formula is C19H16O6. The van der Waals surface area contributed by atoms with E-state index in [1.165, 1.54) is 19.2 Å². The monoisotopic (exact) mass is 340 g/mol. The highest BCUT2D eigenvalue weighted by atomic mass is 16.5. The van der Waals surface area contributed by atoms with Gasteiger partial charge >= 0.3 is 0 Å². The first-order chi connectivity index (χ1) is 11.9. The van der Waals surface area contributed by atoms with Crippen LogP contribution in [0.15, 0.2) is 30.3 Å². The molecule has 0 fully saturated rings. The van der Waals surface area contributed by atoms with Crippen molar-refractivity contribution in [2.75, 3.05) is 7.11 Å². The van der Waals surface area contributed by atoms with Crippen LogP contribution in [0, 0.1) is 0 Å². The van der Waals surface area contributed by atoms with Gasteiger partial charge in [0.05, 0.1) is 22.8 Å². The lowest BCUT2D eigenvalue weighted by atomic mass is 9.81. The molecule has 128 valence electrons. The van der Waals surface area contributed by atoms with Crippen LogP contribution in [0.1, 0.15) is 55.5 Å². The molecule has 2 aromatic rings. The predicted molar refractivity (Wildman–Crippen MR) is 88.5 cm³/mol. The minimum Gasteiger partial charge on any atom is -0.507 e. The molecule has 0 radical (unpaired) electrons. The van der Waals surface area contributed by atoms with E-state index < -0.39 is 35.0 Å². The molecule has 0 saturated heterocycles. The zero-order chi connectivity index (χ0) is 18.3. The topological polar surface area (TPSA) is 101 Å². The van der Waals surface area contributed by atoms with Crippen LogP contribution in [-0.4, -0.2) is 40.8 Å². The zero-order valence-electron chi connectivity index (χ0n) is 13.7. The second-order valence-corrected chi connectivity index (χ2v) is 5.92. The van der Waals surface area contributed by atoms with Crippen LogP contribution in [0.5, 0.6) is 11.5 Å².